The fourth-order valence-electron chi connectivity index (χ4n) is 1.79. The number of esters is 1. The highest BCUT2D eigenvalue weighted by atomic mass is 16.5. The Kier molecular flexibility index (Phi) is 4.92. The molecule has 5 nitrogen and oxygen atoms in total. The fourth-order valence-corrected chi connectivity index (χ4v) is 1.79. The highest BCUT2D eigenvalue weighted by Gasteiger charge is 2.09. The molecule has 0 radical (unpaired) electrons. The Labute approximate surface area is 117 Å². The van der Waals surface area contributed by atoms with Gasteiger partial charge in [0.1, 0.15) is 12.0 Å². The van der Waals surface area contributed by atoms with Crippen LogP contribution in [0.3, 0.4) is 0 Å². The molecule has 5 heteroatoms. The van der Waals surface area contributed by atoms with Crippen molar-refractivity contribution in [3.05, 3.63) is 59.0 Å². The third-order valence-corrected chi connectivity index (χ3v) is 2.91. The van der Waals surface area contributed by atoms with Gasteiger partial charge in [0.15, 0.2) is 0 Å². The molecule has 2 rings (SSSR count). The average molecular weight is 275 g/mol. The number of aliphatic hydroxyl groups excluding tert-OH is 1. The second-order valence-electron chi connectivity index (χ2n) is 4.37. The zero-order valence-corrected chi connectivity index (χ0v) is 11.3. The molecule has 2 aromatic rings. The summed E-state index contributed by atoms with van der Waals surface area (Å²) in [6.07, 6.45) is 1.39. The lowest BCUT2D eigenvalue weighted by atomic mass is 10.1. The van der Waals surface area contributed by atoms with Crippen molar-refractivity contribution in [2.45, 2.75) is 19.7 Å². The van der Waals surface area contributed by atoms with Crippen molar-refractivity contribution in [2.75, 3.05) is 7.11 Å². The predicted octanol–water partition coefficient (Wildman–Crippen LogP) is 1.85. The minimum Gasteiger partial charge on any atom is -0.467 e. The van der Waals surface area contributed by atoms with Crippen molar-refractivity contribution >= 4 is 5.97 Å². The molecular weight excluding hydrogens is 258 g/mol. The molecule has 0 atom stereocenters. The first-order valence-corrected chi connectivity index (χ1v) is 6.28. The second-order valence-corrected chi connectivity index (χ2v) is 4.37. The minimum absolute atomic E-state index is 0.0520. The van der Waals surface area contributed by atoms with Crippen LogP contribution in [0.15, 0.2) is 41.0 Å². The van der Waals surface area contributed by atoms with E-state index in [2.05, 4.69) is 10.1 Å². The first kappa shape index (κ1) is 14.3. The Bertz CT molecular complexity index is 560. The van der Waals surface area contributed by atoms with Crippen LogP contribution in [0.4, 0.5) is 0 Å². The van der Waals surface area contributed by atoms with Gasteiger partial charge >= 0.3 is 5.97 Å². The fraction of sp³-hybridized carbons (Fsp3) is 0.267. The lowest BCUT2D eigenvalue weighted by molar-refractivity contribution is 0.0600. The maximum atomic E-state index is 11.3. The van der Waals surface area contributed by atoms with E-state index in [1.807, 2.05) is 24.3 Å². The smallest absolute Gasteiger partial charge is 0.341 e. The molecule has 106 valence electrons. The van der Waals surface area contributed by atoms with Gasteiger partial charge in [0.25, 0.3) is 0 Å². The zero-order chi connectivity index (χ0) is 14.4. The molecule has 0 aliphatic rings. The molecule has 20 heavy (non-hydrogen) atoms. The van der Waals surface area contributed by atoms with Crippen molar-refractivity contribution < 1.29 is 19.1 Å². The van der Waals surface area contributed by atoms with Gasteiger partial charge in [-0.05, 0) is 17.2 Å². The SMILES string of the molecule is COC(=O)c1coc(CNCc2ccc(CO)cc2)c1. The normalized spacial score (nSPS) is 10.5. The van der Waals surface area contributed by atoms with Gasteiger partial charge in [-0.25, -0.2) is 4.79 Å². The van der Waals surface area contributed by atoms with E-state index in [9.17, 15) is 4.79 Å². The maximum absolute atomic E-state index is 11.3. The molecule has 0 saturated heterocycles. The van der Waals surface area contributed by atoms with Gasteiger partial charge in [-0.1, -0.05) is 24.3 Å². The van der Waals surface area contributed by atoms with Gasteiger partial charge in [0.2, 0.25) is 0 Å². The van der Waals surface area contributed by atoms with Crippen molar-refractivity contribution in [3.63, 3.8) is 0 Å². The number of hydrogen-bond acceptors (Lipinski definition) is 5. The zero-order valence-electron chi connectivity index (χ0n) is 11.3. The summed E-state index contributed by atoms with van der Waals surface area (Å²) in [6.45, 7) is 1.26. The summed E-state index contributed by atoms with van der Waals surface area (Å²) in [4.78, 5) is 11.3. The molecule has 1 heterocycles. The van der Waals surface area contributed by atoms with Crippen molar-refractivity contribution in [1.82, 2.24) is 5.32 Å². The van der Waals surface area contributed by atoms with Crippen LogP contribution in [0.5, 0.6) is 0 Å². The standard InChI is InChI=1S/C15H17NO4/c1-19-15(18)13-6-14(20-10-13)8-16-7-11-2-4-12(9-17)5-3-11/h2-6,10,16-17H,7-9H2,1H3. The molecule has 0 unspecified atom stereocenters. The lowest BCUT2D eigenvalue weighted by Gasteiger charge is -2.04. The summed E-state index contributed by atoms with van der Waals surface area (Å²) in [6, 6.07) is 9.35. The molecule has 0 aliphatic carbocycles. The number of furan rings is 1. The van der Waals surface area contributed by atoms with Crippen LogP contribution in [0, 0.1) is 0 Å². The van der Waals surface area contributed by atoms with Crippen LogP contribution < -0.4 is 5.32 Å². The molecular formula is C15H17NO4. The molecule has 1 aromatic heterocycles. The number of aliphatic hydroxyl groups is 1. The summed E-state index contributed by atoms with van der Waals surface area (Å²) >= 11 is 0. The van der Waals surface area contributed by atoms with E-state index in [0.717, 1.165) is 11.1 Å². The van der Waals surface area contributed by atoms with E-state index < -0.39 is 5.97 Å². The van der Waals surface area contributed by atoms with Crippen molar-refractivity contribution in [1.29, 1.82) is 0 Å². The van der Waals surface area contributed by atoms with Gasteiger partial charge < -0.3 is 19.6 Å². The Hall–Kier alpha value is -2.11. The molecule has 0 spiro atoms. The van der Waals surface area contributed by atoms with Crippen LogP contribution in [-0.4, -0.2) is 18.2 Å². The second kappa shape index (κ2) is 6.88. The first-order valence-electron chi connectivity index (χ1n) is 6.28. The van der Waals surface area contributed by atoms with E-state index in [1.54, 1.807) is 6.07 Å². The number of methoxy groups -OCH3 is 1. The number of carbonyl (C=O) groups is 1. The quantitative estimate of drug-likeness (QED) is 0.787. The number of rotatable bonds is 6. The summed E-state index contributed by atoms with van der Waals surface area (Å²) in [5, 5.41) is 12.2. The summed E-state index contributed by atoms with van der Waals surface area (Å²) in [5.74, 6) is 0.275. The Morgan fingerprint density at radius 2 is 1.95 bits per heavy atom. The van der Waals surface area contributed by atoms with Gasteiger partial charge in [0.05, 0.1) is 25.8 Å². The molecule has 2 N–H and O–H groups in total. The molecule has 0 aliphatic heterocycles. The highest BCUT2D eigenvalue weighted by Crippen LogP contribution is 2.09. The van der Waals surface area contributed by atoms with Crippen LogP contribution in [-0.2, 0) is 24.4 Å². The predicted molar refractivity (Wildman–Crippen MR) is 73.0 cm³/mol. The summed E-state index contributed by atoms with van der Waals surface area (Å²) in [7, 11) is 1.34. The van der Waals surface area contributed by atoms with E-state index in [-0.39, 0.29) is 6.61 Å². The molecule has 1 aromatic carbocycles. The average Bonchev–Trinajstić information content (AvgIpc) is 2.96. The Morgan fingerprint density at radius 1 is 1.25 bits per heavy atom. The molecule has 0 bridgehead atoms. The Morgan fingerprint density at radius 3 is 2.60 bits per heavy atom. The van der Waals surface area contributed by atoms with Gasteiger partial charge in [-0.2, -0.15) is 0 Å². The third kappa shape index (κ3) is 3.69. The summed E-state index contributed by atoms with van der Waals surface area (Å²) < 4.78 is 9.87. The van der Waals surface area contributed by atoms with Gasteiger partial charge in [0, 0.05) is 6.54 Å². The van der Waals surface area contributed by atoms with Gasteiger partial charge in [-0.15, -0.1) is 0 Å². The summed E-state index contributed by atoms with van der Waals surface area (Å²) in [5.41, 5.74) is 2.42. The first-order chi connectivity index (χ1) is 9.72. The van der Waals surface area contributed by atoms with Crippen LogP contribution in [0.1, 0.15) is 27.2 Å². The molecule has 0 saturated carbocycles. The number of nitrogens with one attached hydrogen (secondary N) is 1. The number of hydrogen-bond donors (Lipinski definition) is 2. The van der Waals surface area contributed by atoms with Gasteiger partial charge in [-0.3, -0.25) is 0 Å². The van der Waals surface area contributed by atoms with Crippen molar-refractivity contribution in [2.24, 2.45) is 0 Å². The van der Waals surface area contributed by atoms with Crippen LogP contribution in [0.2, 0.25) is 0 Å². The highest BCUT2D eigenvalue weighted by molar-refractivity contribution is 5.88. The monoisotopic (exact) mass is 275 g/mol. The van der Waals surface area contributed by atoms with Crippen LogP contribution >= 0.6 is 0 Å². The molecule has 0 amide bonds. The maximum Gasteiger partial charge on any atom is 0.341 e. The number of ether oxygens (including phenoxy) is 1. The molecule has 0 fully saturated rings. The Balaban J connectivity index is 1.83. The van der Waals surface area contributed by atoms with E-state index in [1.165, 1.54) is 13.4 Å². The topological polar surface area (TPSA) is 71.7 Å². The third-order valence-electron chi connectivity index (χ3n) is 2.91. The van der Waals surface area contributed by atoms with E-state index in [4.69, 9.17) is 9.52 Å². The number of carbonyl (C=O) groups excluding carboxylic acids is 1. The minimum atomic E-state index is -0.403. The van der Waals surface area contributed by atoms with E-state index >= 15 is 0 Å². The largest absolute Gasteiger partial charge is 0.467 e. The lowest BCUT2D eigenvalue weighted by Crippen LogP contribution is -2.12. The van der Waals surface area contributed by atoms with Crippen LogP contribution in [0.25, 0.3) is 0 Å². The van der Waals surface area contributed by atoms with E-state index in [0.29, 0.717) is 24.4 Å². The number of benzene rings is 1. The van der Waals surface area contributed by atoms with Crippen molar-refractivity contribution in [3.8, 4) is 0 Å².